The third-order valence-corrected chi connectivity index (χ3v) is 4.77. The van der Waals surface area contributed by atoms with Crippen molar-refractivity contribution in [2.75, 3.05) is 0 Å². The van der Waals surface area contributed by atoms with Crippen molar-refractivity contribution >= 4 is 17.6 Å². The first-order valence-electron chi connectivity index (χ1n) is 9.69. The lowest BCUT2D eigenvalue weighted by molar-refractivity contribution is -0.286. The molecule has 1 unspecified atom stereocenters. The minimum atomic E-state index is -3.88. The molecule has 1 aromatic heterocycles. The molecule has 0 saturated heterocycles. The molecular weight excluding hydrogens is 440 g/mol. The van der Waals surface area contributed by atoms with E-state index < -0.39 is 29.9 Å². The Bertz CT molecular complexity index is 1240. The van der Waals surface area contributed by atoms with Crippen LogP contribution in [0.3, 0.4) is 0 Å². The fourth-order valence-electron chi connectivity index (χ4n) is 3.37. The number of benzene rings is 2. The topological polar surface area (TPSA) is 134 Å². The van der Waals surface area contributed by atoms with Gasteiger partial charge in [-0.15, -0.1) is 8.78 Å². The highest BCUT2D eigenvalue weighted by molar-refractivity contribution is 6.38. The SMILES string of the molecule is Cc1nc(-c2cccc3c2OC(F)(F)O3)c(C(=O)NC(Cc2ccccc2)C(=O)C(N)=O)o1. The molecule has 0 bridgehead atoms. The molecule has 9 nitrogen and oxygen atoms in total. The lowest BCUT2D eigenvalue weighted by Gasteiger charge is -2.16. The molecule has 4 rings (SSSR count). The standard InChI is InChI=1S/C22H17F2N3O6/c1-11-26-16(13-8-5-9-15-18(13)33-22(23,24)32-15)19(31-11)21(30)27-14(17(28)20(25)29)10-12-6-3-2-4-7-12/h2-9,14H,10H2,1H3,(H2,25,29)(H,27,30). The number of nitrogens with zero attached hydrogens (tertiary/aromatic N) is 1. The molecule has 2 aromatic carbocycles. The van der Waals surface area contributed by atoms with Crippen molar-refractivity contribution in [1.82, 2.24) is 10.3 Å². The van der Waals surface area contributed by atoms with Crippen LogP contribution in [0.4, 0.5) is 8.78 Å². The number of hydrogen-bond donors (Lipinski definition) is 2. The maximum atomic E-state index is 13.6. The molecular formula is C22H17F2N3O6. The second-order valence-corrected chi connectivity index (χ2v) is 7.16. The van der Waals surface area contributed by atoms with Gasteiger partial charge in [0.2, 0.25) is 11.5 Å². The number of nitrogens with two attached hydrogens (primary N) is 1. The molecule has 33 heavy (non-hydrogen) atoms. The quantitative estimate of drug-likeness (QED) is 0.520. The Kier molecular flexibility index (Phi) is 5.54. The number of amides is 2. The van der Waals surface area contributed by atoms with Crippen molar-refractivity contribution in [2.45, 2.75) is 25.7 Å². The average Bonchev–Trinajstić information content (AvgIpc) is 3.31. The number of Topliss-reactive ketones (excluding diaryl/α,β-unsaturated/α-hetero) is 1. The van der Waals surface area contributed by atoms with Crippen LogP contribution >= 0.6 is 0 Å². The number of fused-ring (bicyclic) bond motifs is 1. The van der Waals surface area contributed by atoms with E-state index in [1.807, 2.05) is 0 Å². The van der Waals surface area contributed by atoms with Gasteiger partial charge in [-0.1, -0.05) is 36.4 Å². The zero-order valence-corrected chi connectivity index (χ0v) is 17.1. The number of nitrogens with one attached hydrogen (secondary N) is 1. The van der Waals surface area contributed by atoms with Crippen LogP contribution in [0.2, 0.25) is 0 Å². The Labute approximate surface area is 185 Å². The van der Waals surface area contributed by atoms with Gasteiger partial charge in [-0.05, 0) is 17.7 Å². The average molecular weight is 457 g/mol. The summed E-state index contributed by atoms with van der Waals surface area (Å²) in [5.74, 6) is -4.01. The van der Waals surface area contributed by atoms with Crippen LogP contribution in [0.25, 0.3) is 11.3 Å². The highest BCUT2D eigenvalue weighted by Gasteiger charge is 2.45. The van der Waals surface area contributed by atoms with E-state index in [2.05, 4.69) is 19.8 Å². The van der Waals surface area contributed by atoms with E-state index in [1.165, 1.54) is 25.1 Å². The number of para-hydroxylation sites is 1. The number of oxazole rings is 1. The van der Waals surface area contributed by atoms with Gasteiger partial charge < -0.3 is 24.9 Å². The van der Waals surface area contributed by atoms with Gasteiger partial charge in [-0.2, -0.15) is 0 Å². The Hall–Kier alpha value is -4.28. The summed E-state index contributed by atoms with van der Waals surface area (Å²) in [6, 6.07) is 11.4. The van der Waals surface area contributed by atoms with Gasteiger partial charge >= 0.3 is 6.29 Å². The van der Waals surface area contributed by atoms with Crippen LogP contribution in [0, 0.1) is 6.92 Å². The minimum absolute atomic E-state index is 0.0132. The maximum absolute atomic E-state index is 13.6. The smallest absolute Gasteiger partial charge is 0.435 e. The van der Waals surface area contributed by atoms with Crippen molar-refractivity contribution in [3.8, 4) is 22.8 Å². The molecule has 0 aliphatic carbocycles. The number of ether oxygens (including phenoxy) is 2. The number of carbonyl (C=O) groups excluding carboxylic acids is 3. The first-order valence-corrected chi connectivity index (χ1v) is 9.69. The van der Waals surface area contributed by atoms with E-state index in [0.717, 1.165) is 0 Å². The van der Waals surface area contributed by atoms with Crippen LogP contribution in [-0.4, -0.2) is 34.9 Å². The molecule has 0 spiro atoms. The summed E-state index contributed by atoms with van der Waals surface area (Å²) in [4.78, 5) is 41.0. The molecule has 2 amide bonds. The zero-order valence-electron chi connectivity index (χ0n) is 17.1. The Morgan fingerprint density at radius 1 is 1.09 bits per heavy atom. The van der Waals surface area contributed by atoms with Gasteiger partial charge in [0.25, 0.3) is 11.8 Å². The molecule has 3 aromatic rings. The van der Waals surface area contributed by atoms with E-state index in [9.17, 15) is 23.2 Å². The number of alkyl halides is 2. The molecule has 1 atom stereocenters. The van der Waals surface area contributed by atoms with Gasteiger partial charge in [0.1, 0.15) is 11.7 Å². The number of aryl methyl sites for hydroxylation is 1. The second kappa shape index (κ2) is 8.34. The molecule has 1 aliphatic rings. The minimum Gasteiger partial charge on any atom is -0.435 e. The predicted molar refractivity (Wildman–Crippen MR) is 108 cm³/mol. The summed E-state index contributed by atoms with van der Waals surface area (Å²) in [6.07, 6.45) is -3.89. The van der Waals surface area contributed by atoms with E-state index in [4.69, 9.17) is 10.2 Å². The zero-order chi connectivity index (χ0) is 23.8. The molecule has 3 N–H and O–H groups in total. The normalized spacial score (nSPS) is 14.5. The molecule has 170 valence electrons. The fraction of sp³-hybridized carbons (Fsp3) is 0.182. The number of rotatable bonds is 7. The summed E-state index contributed by atoms with van der Waals surface area (Å²) in [7, 11) is 0. The van der Waals surface area contributed by atoms with Crippen LogP contribution in [0.1, 0.15) is 22.0 Å². The molecule has 1 aliphatic heterocycles. The van der Waals surface area contributed by atoms with Gasteiger partial charge in [-0.25, -0.2) is 4.98 Å². The van der Waals surface area contributed by atoms with E-state index in [0.29, 0.717) is 5.56 Å². The van der Waals surface area contributed by atoms with Gasteiger partial charge in [0.15, 0.2) is 17.4 Å². The molecule has 0 saturated carbocycles. The van der Waals surface area contributed by atoms with Crippen LogP contribution in [0.5, 0.6) is 11.5 Å². The summed E-state index contributed by atoms with van der Waals surface area (Å²) in [6.45, 7) is 1.45. The van der Waals surface area contributed by atoms with Gasteiger partial charge in [0, 0.05) is 13.3 Å². The highest BCUT2D eigenvalue weighted by atomic mass is 19.3. The number of primary amides is 1. The largest absolute Gasteiger partial charge is 0.586 e. The van der Waals surface area contributed by atoms with Crippen molar-refractivity contribution in [2.24, 2.45) is 5.73 Å². The first kappa shape index (κ1) is 21.9. The summed E-state index contributed by atoms with van der Waals surface area (Å²) in [5.41, 5.74) is 5.72. The monoisotopic (exact) mass is 457 g/mol. The molecule has 0 fully saturated rings. The lowest BCUT2D eigenvalue weighted by atomic mass is 10.0. The van der Waals surface area contributed by atoms with Crippen LogP contribution < -0.4 is 20.5 Å². The van der Waals surface area contributed by atoms with E-state index in [-0.39, 0.29) is 40.8 Å². The molecule has 11 heteroatoms. The molecule has 0 radical (unpaired) electrons. The highest BCUT2D eigenvalue weighted by Crippen LogP contribution is 2.47. The number of ketones is 1. The van der Waals surface area contributed by atoms with Crippen molar-refractivity contribution < 1.29 is 37.1 Å². The first-order chi connectivity index (χ1) is 15.6. The van der Waals surface area contributed by atoms with Crippen molar-refractivity contribution in [3.05, 3.63) is 65.7 Å². The van der Waals surface area contributed by atoms with Gasteiger partial charge in [0.05, 0.1) is 5.56 Å². The van der Waals surface area contributed by atoms with Gasteiger partial charge in [-0.3, -0.25) is 14.4 Å². The number of carbonyl (C=O) groups is 3. The Morgan fingerprint density at radius 3 is 2.52 bits per heavy atom. The third-order valence-electron chi connectivity index (χ3n) is 4.77. The fourth-order valence-corrected chi connectivity index (χ4v) is 3.37. The second-order valence-electron chi connectivity index (χ2n) is 7.16. The maximum Gasteiger partial charge on any atom is 0.586 e. The Morgan fingerprint density at radius 2 is 1.82 bits per heavy atom. The van der Waals surface area contributed by atoms with Crippen LogP contribution in [-0.2, 0) is 16.0 Å². The predicted octanol–water partition coefficient (Wildman–Crippen LogP) is 2.37. The Balaban J connectivity index is 1.67. The number of halogens is 2. The summed E-state index contributed by atoms with van der Waals surface area (Å²) < 4.78 is 41.6. The third kappa shape index (κ3) is 4.52. The molecule has 2 heterocycles. The summed E-state index contributed by atoms with van der Waals surface area (Å²) >= 11 is 0. The van der Waals surface area contributed by atoms with Crippen molar-refractivity contribution in [3.63, 3.8) is 0 Å². The number of hydrogen-bond acceptors (Lipinski definition) is 7. The summed E-state index contributed by atoms with van der Waals surface area (Å²) in [5, 5.41) is 2.43. The van der Waals surface area contributed by atoms with E-state index >= 15 is 0 Å². The van der Waals surface area contributed by atoms with Crippen LogP contribution in [0.15, 0.2) is 52.9 Å². The lowest BCUT2D eigenvalue weighted by Crippen LogP contribution is -2.47. The van der Waals surface area contributed by atoms with E-state index in [1.54, 1.807) is 30.3 Å². The van der Waals surface area contributed by atoms with Crippen molar-refractivity contribution in [1.29, 1.82) is 0 Å². The number of aromatic nitrogens is 1.